The molecule has 37 heavy (non-hydrogen) atoms. The summed E-state index contributed by atoms with van der Waals surface area (Å²) in [5, 5.41) is 6.67. The summed E-state index contributed by atoms with van der Waals surface area (Å²) in [6.07, 6.45) is 10.2. The lowest BCUT2D eigenvalue weighted by Gasteiger charge is -2.44. The van der Waals surface area contributed by atoms with E-state index in [1.807, 2.05) is 30.5 Å². The lowest BCUT2D eigenvalue weighted by atomic mass is 9.84. The molecular weight excluding hydrogens is 470 g/mol. The van der Waals surface area contributed by atoms with Gasteiger partial charge in [-0.2, -0.15) is 0 Å². The smallest absolute Gasteiger partial charge is 0.246 e. The second-order valence-electron chi connectivity index (χ2n) is 9.40. The van der Waals surface area contributed by atoms with E-state index in [-0.39, 0.29) is 5.91 Å². The van der Waals surface area contributed by atoms with Gasteiger partial charge < -0.3 is 20.1 Å². The number of nitrogens with one attached hydrogen (secondary N) is 2. The van der Waals surface area contributed by atoms with Crippen LogP contribution >= 0.6 is 0 Å². The van der Waals surface area contributed by atoms with E-state index in [1.165, 1.54) is 0 Å². The molecule has 2 N–H and O–H groups in total. The minimum absolute atomic E-state index is 0.0179. The molecule has 1 fully saturated rings. The number of benzene rings is 1. The van der Waals surface area contributed by atoms with Gasteiger partial charge in [0.2, 0.25) is 11.9 Å². The molecule has 1 aromatic carbocycles. The highest BCUT2D eigenvalue weighted by Gasteiger charge is 2.46. The number of carbonyl (C=O) groups excluding carboxylic acids is 1. The van der Waals surface area contributed by atoms with Gasteiger partial charge in [-0.25, -0.2) is 15.0 Å². The summed E-state index contributed by atoms with van der Waals surface area (Å²) in [4.78, 5) is 30.0. The van der Waals surface area contributed by atoms with Gasteiger partial charge >= 0.3 is 0 Å². The van der Waals surface area contributed by atoms with E-state index < -0.39 is 5.54 Å². The molecule has 0 saturated carbocycles. The first kappa shape index (κ1) is 25.2. The molecule has 10 nitrogen and oxygen atoms in total. The predicted octanol–water partition coefficient (Wildman–Crippen LogP) is 2.08. The van der Waals surface area contributed by atoms with Gasteiger partial charge in [0.25, 0.3) is 0 Å². The van der Waals surface area contributed by atoms with Gasteiger partial charge in [0.1, 0.15) is 25.1 Å². The van der Waals surface area contributed by atoms with Gasteiger partial charge in [-0.3, -0.25) is 14.3 Å². The van der Waals surface area contributed by atoms with Crippen LogP contribution in [0.15, 0.2) is 49.2 Å². The molecule has 5 rings (SSSR count). The molecule has 0 radical (unpaired) electrons. The minimum Gasteiger partial charge on any atom is -0.486 e. The van der Waals surface area contributed by atoms with Crippen molar-refractivity contribution < 1.29 is 14.3 Å². The van der Waals surface area contributed by atoms with Crippen molar-refractivity contribution in [2.45, 2.75) is 38.1 Å². The Morgan fingerprint density at radius 2 is 1.97 bits per heavy atom. The second-order valence-corrected chi connectivity index (χ2v) is 9.40. The molecule has 0 spiro atoms. The summed E-state index contributed by atoms with van der Waals surface area (Å²) in [6.45, 7) is 6.98. The quantitative estimate of drug-likeness (QED) is 0.432. The summed E-state index contributed by atoms with van der Waals surface area (Å²) in [5.41, 5.74) is 0.928. The highest BCUT2D eigenvalue weighted by molar-refractivity contribution is 5.87. The van der Waals surface area contributed by atoms with Crippen LogP contribution in [0.4, 0.5) is 0 Å². The van der Waals surface area contributed by atoms with Gasteiger partial charge in [0.05, 0.1) is 5.69 Å². The fourth-order valence-corrected chi connectivity index (χ4v) is 5.09. The van der Waals surface area contributed by atoms with Crippen LogP contribution in [0.2, 0.25) is 0 Å². The topological polar surface area (TPSA) is 106 Å². The van der Waals surface area contributed by atoms with Crippen molar-refractivity contribution in [3.05, 3.63) is 60.4 Å². The maximum atomic E-state index is 14.2. The number of carbonyl (C=O) groups is 1. The van der Waals surface area contributed by atoms with Crippen molar-refractivity contribution in [1.82, 2.24) is 35.1 Å². The molecule has 2 aliphatic rings. The number of amides is 1. The Balaban J connectivity index is 1.41. The van der Waals surface area contributed by atoms with Crippen LogP contribution in [0, 0.1) is 0 Å². The first-order valence-electron chi connectivity index (χ1n) is 13.1. The van der Waals surface area contributed by atoms with Crippen molar-refractivity contribution >= 4 is 5.91 Å². The van der Waals surface area contributed by atoms with E-state index >= 15 is 0 Å². The highest BCUT2D eigenvalue weighted by atomic mass is 16.6. The molecule has 1 saturated heterocycles. The number of rotatable bonds is 10. The summed E-state index contributed by atoms with van der Waals surface area (Å²) in [6, 6.07) is 7.86. The van der Waals surface area contributed by atoms with Crippen LogP contribution < -0.4 is 20.1 Å². The van der Waals surface area contributed by atoms with Gasteiger partial charge in [-0.15, -0.1) is 0 Å². The Morgan fingerprint density at radius 3 is 2.76 bits per heavy atom. The van der Waals surface area contributed by atoms with Crippen molar-refractivity contribution in [3.63, 3.8) is 0 Å². The Morgan fingerprint density at radius 1 is 1.14 bits per heavy atom. The predicted molar refractivity (Wildman–Crippen MR) is 139 cm³/mol. The maximum Gasteiger partial charge on any atom is 0.246 e. The lowest BCUT2D eigenvalue weighted by molar-refractivity contribution is -0.136. The normalized spacial score (nSPS) is 17.2. The first-order valence-corrected chi connectivity index (χ1v) is 13.1. The number of hydrogen-bond acceptors (Lipinski definition) is 8. The minimum atomic E-state index is -0.886. The van der Waals surface area contributed by atoms with Gasteiger partial charge in [-0.1, -0.05) is 25.8 Å². The largest absolute Gasteiger partial charge is 0.486 e. The van der Waals surface area contributed by atoms with Crippen LogP contribution in [0.25, 0.3) is 5.95 Å². The highest BCUT2D eigenvalue weighted by Crippen LogP contribution is 2.35. The Hall–Kier alpha value is -3.50. The molecule has 0 bridgehead atoms. The molecule has 1 atom stereocenters. The number of aromatic nitrogens is 4. The zero-order chi connectivity index (χ0) is 25.5. The Labute approximate surface area is 217 Å². The monoisotopic (exact) mass is 505 g/mol. The number of piperazine rings is 1. The zero-order valence-corrected chi connectivity index (χ0v) is 21.4. The van der Waals surface area contributed by atoms with Gasteiger partial charge in [0, 0.05) is 51.3 Å². The van der Waals surface area contributed by atoms with Crippen LogP contribution in [0.1, 0.15) is 37.4 Å². The van der Waals surface area contributed by atoms with Crippen molar-refractivity contribution in [2.75, 3.05) is 45.9 Å². The van der Waals surface area contributed by atoms with E-state index in [0.717, 1.165) is 61.8 Å². The summed E-state index contributed by atoms with van der Waals surface area (Å²) in [5.74, 6) is 2.03. The number of unbranched alkanes of at least 4 members (excludes halogenated alkanes) is 1. The van der Waals surface area contributed by atoms with E-state index in [9.17, 15) is 4.79 Å². The lowest BCUT2D eigenvalue weighted by Crippen LogP contribution is -2.61. The molecule has 1 amide bonds. The number of ether oxygens (including phenoxy) is 2. The van der Waals surface area contributed by atoms with Crippen LogP contribution in [-0.4, -0.2) is 76.3 Å². The zero-order valence-electron chi connectivity index (χ0n) is 21.4. The molecule has 2 aliphatic heterocycles. The van der Waals surface area contributed by atoms with Gasteiger partial charge in [0.15, 0.2) is 11.5 Å². The molecule has 3 aromatic rings. The van der Waals surface area contributed by atoms with Crippen LogP contribution in [0.5, 0.6) is 11.5 Å². The fourth-order valence-electron chi connectivity index (χ4n) is 5.09. The van der Waals surface area contributed by atoms with Crippen LogP contribution in [0.3, 0.4) is 0 Å². The fraction of sp³-hybridized carbons (Fsp3) is 0.481. The SMILES string of the molecule is CCCCC(C(=O)NCCc1ccc2c(c1)OCCO2)(c1ccnc(-n2ccnc2)n1)N1CCNCC1. The standard InChI is InChI=1S/C27H35N7O3/c1-2-3-8-27(34-15-12-28-13-16-34,24-7-10-31-26(32-24)33-14-11-29-20-33)25(35)30-9-6-21-4-5-22-23(19-21)37-18-17-36-22/h4-5,7,10-11,14,19-20,28H,2-3,6,8-9,12-13,15-18H2,1H3,(H,30,35). The van der Waals surface area contributed by atoms with Crippen molar-refractivity contribution in [3.8, 4) is 17.4 Å². The maximum absolute atomic E-state index is 14.2. The Kier molecular flexibility index (Phi) is 7.96. The number of hydrogen-bond donors (Lipinski definition) is 2. The molecule has 196 valence electrons. The molecule has 2 aromatic heterocycles. The molecular formula is C27H35N7O3. The van der Waals surface area contributed by atoms with E-state index in [1.54, 1.807) is 23.3 Å². The molecule has 4 heterocycles. The number of fused-ring (bicyclic) bond motifs is 1. The van der Waals surface area contributed by atoms with Crippen molar-refractivity contribution in [1.29, 1.82) is 0 Å². The number of nitrogens with zero attached hydrogens (tertiary/aromatic N) is 5. The summed E-state index contributed by atoms with van der Waals surface area (Å²) < 4.78 is 13.1. The molecule has 10 heteroatoms. The third-order valence-corrected chi connectivity index (χ3v) is 7.03. The third kappa shape index (κ3) is 5.45. The third-order valence-electron chi connectivity index (χ3n) is 7.03. The summed E-state index contributed by atoms with van der Waals surface area (Å²) in [7, 11) is 0. The average molecular weight is 506 g/mol. The average Bonchev–Trinajstić information content (AvgIpc) is 3.50. The second kappa shape index (κ2) is 11.7. The first-order chi connectivity index (χ1) is 18.2. The van der Waals surface area contributed by atoms with E-state index in [4.69, 9.17) is 14.5 Å². The van der Waals surface area contributed by atoms with Crippen molar-refractivity contribution in [2.24, 2.45) is 0 Å². The van der Waals surface area contributed by atoms with Crippen LogP contribution in [-0.2, 0) is 16.8 Å². The van der Waals surface area contributed by atoms with Gasteiger partial charge in [-0.05, 0) is 36.6 Å². The van der Waals surface area contributed by atoms with E-state index in [2.05, 4.69) is 32.4 Å². The van der Waals surface area contributed by atoms with E-state index in [0.29, 0.717) is 38.5 Å². The molecule has 0 aliphatic carbocycles. The summed E-state index contributed by atoms with van der Waals surface area (Å²) >= 11 is 0. The Bertz CT molecular complexity index is 1180. The number of imidazole rings is 1. The molecule has 1 unspecified atom stereocenters.